The van der Waals surface area contributed by atoms with Gasteiger partial charge >= 0.3 is 0 Å². The first-order valence-corrected chi connectivity index (χ1v) is 9.45. The van der Waals surface area contributed by atoms with Crippen LogP contribution >= 0.6 is 15.9 Å². The summed E-state index contributed by atoms with van der Waals surface area (Å²) < 4.78 is 0.864. The second kappa shape index (κ2) is 7.32. The number of benzene rings is 3. The van der Waals surface area contributed by atoms with Gasteiger partial charge in [-0.25, -0.2) is 0 Å². The van der Waals surface area contributed by atoms with Gasteiger partial charge in [-0.3, -0.25) is 4.79 Å². The third-order valence-electron chi connectivity index (χ3n) is 4.30. The van der Waals surface area contributed by atoms with Gasteiger partial charge in [0.05, 0.1) is 5.69 Å². The summed E-state index contributed by atoms with van der Waals surface area (Å²) in [5, 5.41) is 12.0. The highest BCUT2D eigenvalue weighted by Crippen LogP contribution is 2.19. The lowest BCUT2D eigenvalue weighted by Gasteiger charge is -2.05. The van der Waals surface area contributed by atoms with Gasteiger partial charge in [0.15, 0.2) is 0 Å². The highest BCUT2D eigenvalue weighted by atomic mass is 79.9. The highest BCUT2D eigenvalue weighted by Gasteiger charge is 2.09. The van der Waals surface area contributed by atoms with Gasteiger partial charge < -0.3 is 5.32 Å². The number of carbonyl (C=O) groups excluding carboxylic acids is 1. The van der Waals surface area contributed by atoms with Crippen LogP contribution in [0.15, 0.2) is 71.2 Å². The molecule has 5 nitrogen and oxygen atoms in total. The fourth-order valence-corrected chi connectivity index (χ4v) is 3.20. The molecule has 4 aromatic rings. The van der Waals surface area contributed by atoms with Crippen LogP contribution < -0.4 is 5.32 Å². The van der Waals surface area contributed by atoms with Gasteiger partial charge in [-0.15, -0.1) is 10.2 Å². The monoisotopic (exact) mass is 420 g/mol. The molecular weight excluding hydrogens is 404 g/mol. The SMILES string of the molecule is CCc1ccc(-n2nc3ccc(NC(=O)c4cccc(Br)c4)cc3n2)cc1. The molecule has 0 saturated heterocycles. The standard InChI is InChI=1S/C21H17BrN4O/c1-2-14-6-9-18(10-7-14)26-24-19-11-8-17(13-20(19)25-26)23-21(27)15-4-3-5-16(22)12-15/h3-13H,2H2,1H3,(H,23,27). The summed E-state index contributed by atoms with van der Waals surface area (Å²) in [5.41, 5.74) is 4.94. The van der Waals surface area contributed by atoms with Crippen molar-refractivity contribution < 1.29 is 4.79 Å². The average Bonchev–Trinajstić information content (AvgIpc) is 3.11. The van der Waals surface area contributed by atoms with Crippen molar-refractivity contribution in [2.24, 2.45) is 0 Å². The Labute approximate surface area is 165 Å². The molecule has 0 unspecified atom stereocenters. The molecule has 27 heavy (non-hydrogen) atoms. The van der Waals surface area contributed by atoms with Crippen molar-refractivity contribution in [2.75, 3.05) is 5.32 Å². The Hall–Kier alpha value is -2.99. The summed E-state index contributed by atoms with van der Waals surface area (Å²) in [6.07, 6.45) is 0.996. The van der Waals surface area contributed by atoms with E-state index in [9.17, 15) is 4.79 Å². The fraction of sp³-hybridized carbons (Fsp3) is 0.0952. The van der Waals surface area contributed by atoms with Crippen LogP contribution in [0.1, 0.15) is 22.8 Å². The number of aromatic nitrogens is 3. The second-order valence-corrected chi connectivity index (χ2v) is 7.09. The minimum absolute atomic E-state index is 0.168. The predicted octanol–water partition coefficient (Wildman–Crippen LogP) is 5.00. The van der Waals surface area contributed by atoms with Crippen LogP contribution in [0.4, 0.5) is 5.69 Å². The summed E-state index contributed by atoms with van der Waals surface area (Å²) in [4.78, 5) is 14.0. The molecule has 0 fully saturated rings. The van der Waals surface area contributed by atoms with E-state index in [-0.39, 0.29) is 5.91 Å². The Bertz CT molecular complexity index is 1120. The lowest BCUT2D eigenvalue weighted by atomic mass is 10.2. The molecule has 1 N–H and O–H groups in total. The highest BCUT2D eigenvalue weighted by molar-refractivity contribution is 9.10. The zero-order valence-electron chi connectivity index (χ0n) is 14.7. The Balaban J connectivity index is 1.59. The van der Waals surface area contributed by atoms with Crippen molar-refractivity contribution in [3.8, 4) is 5.69 Å². The number of anilines is 1. The van der Waals surface area contributed by atoms with E-state index in [1.54, 1.807) is 16.9 Å². The third kappa shape index (κ3) is 3.75. The summed E-state index contributed by atoms with van der Waals surface area (Å²) in [7, 11) is 0. The largest absolute Gasteiger partial charge is 0.322 e. The molecule has 0 aliphatic heterocycles. The van der Waals surface area contributed by atoms with E-state index in [1.807, 2.05) is 42.5 Å². The van der Waals surface area contributed by atoms with E-state index in [0.29, 0.717) is 11.3 Å². The number of nitrogens with one attached hydrogen (secondary N) is 1. The number of rotatable bonds is 4. The van der Waals surface area contributed by atoms with E-state index in [0.717, 1.165) is 27.6 Å². The fourth-order valence-electron chi connectivity index (χ4n) is 2.81. The van der Waals surface area contributed by atoms with Gasteiger partial charge in [0, 0.05) is 15.7 Å². The van der Waals surface area contributed by atoms with E-state index in [2.05, 4.69) is 50.5 Å². The van der Waals surface area contributed by atoms with Crippen molar-refractivity contribution in [1.82, 2.24) is 15.0 Å². The smallest absolute Gasteiger partial charge is 0.255 e. The summed E-state index contributed by atoms with van der Waals surface area (Å²) in [6, 6.07) is 21.0. The van der Waals surface area contributed by atoms with Crippen LogP contribution in [0.3, 0.4) is 0 Å². The number of fused-ring (bicyclic) bond motifs is 1. The molecule has 3 aromatic carbocycles. The Morgan fingerprint density at radius 1 is 1.00 bits per heavy atom. The van der Waals surface area contributed by atoms with Gasteiger partial charge in [0.2, 0.25) is 0 Å². The maximum absolute atomic E-state index is 12.4. The van der Waals surface area contributed by atoms with Crippen LogP contribution in [0.5, 0.6) is 0 Å². The molecular formula is C21H17BrN4O. The van der Waals surface area contributed by atoms with Crippen LogP contribution in [-0.2, 0) is 6.42 Å². The molecule has 1 aromatic heterocycles. The van der Waals surface area contributed by atoms with E-state index in [1.165, 1.54) is 5.56 Å². The predicted molar refractivity (Wildman–Crippen MR) is 110 cm³/mol. The number of carbonyl (C=O) groups is 1. The number of hydrogen-bond donors (Lipinski definition) is 1. The molecule has 0 bridgehead atoms. The summed E-state index contributed by atoms with van der Waals surface area (Å²) in [5.74, 6) is -0.168. The minimum Gasteiger partial charge on any atom is -0.322 e. The first kappa shape index (κ1) is 17.4. The van der Waals surface area contributed by atoms with E-state index in [4.69, 9.17) is 0 Å². The van der Waals surface area contributed by atoms with Crippen LogP contribution in [0, 0.1) is 0 Å². The van der Waals surface area contributed by atoms with Gasteiger partial charge in [-0.2, -0.15) is 4.80 Å². The molecule has 1 heterocycles. The Morgan fingerprint density at radius 3 is 2.52 bits per heavy atom. The molecule has 6 heteroatoms. The molecule has 1 amide bonds. The molecule has 0 radical (unpaired) electrons. The summed E-state index contributed by atoms with van der Waals surface area (Å²) >= 11 is 3.38. The van der Waals surface area contributed by atoms with Crippen molar-refractivity contribution in [3.63, 3.8) is 0 Å². The van der Waals surface area contributed by atoms with Gasteiger partial charge in [0.25, 0.3) is 5.91 Å². The molecule has 134 valence electrons. The first-order chi connectivity index (χ1) is 13.1. The molecule has 0 saturated carbocycles. The number of nitrogens with zero attached hydrogens (tertiary/aromatic N) is 3. The van der Waals surface area contributed by atoms with E-state index < -0.39 is 0 Å². The molecule has 4 rings (SSSR count). The maximum atomic E-state index is 12.4. The Kier molecular flexibility index (Phi) is 4.73. The number of halogens is 1. The molecule has 0 aliphatic carbocycles. The minimum atomic E-state index is -0.168. The third-order valence-corrected chi connectivity index (χ3v) is 4.79. The molecule has 0 aliphatic rings. The lowest BCUT2D eigenvalue weighted by molar-refractivity contribution is 0.102. The van der Waals surface area contributed by atoms with E-state index >= 15 is 0 Å². The molecule has 0 spiro atoms. The number of amides is 1. The quantitative estimate of drug-likeness (QED) is 0.505. The normalized spacial score (nSPS) is 10.9. The Morgan fingerprint density at radius 2 is 1.78 bits per heavy atom. The van der Waals surface area contributed by atoms with Crippen molar-refractivity contribution >= 4 is 38.6 Å². The summed E-state index contributed by atoms with van der Waals surface area (Å²) in [6.45, 7) is 2.12. The topological polar surface area (TPSA) is 59.8 Å². The van der Waals surface area contributed by atoms with Gasteiger partial charge in [-0.05, 0) is 60.5 Å². The lowest BCUT2D eigenvalue weighted by Crippen LogP contribution is -2.11. The number of hydrogen-bond acceptors (Lipinski definition) is 3. The van der Waals surface area contributed by atoms with Crippen molar-refractivity contribution in [1.29, 1.82) is 0 Å². The second-order valence-electron chi connectivity index (χ2n) is 6.18. The van der Waals surface area contributed by atoms with Gasteiger partial charge in [0.1, 0.15) is 11.0 Å². The van der Waals surface area contributed by atoms with Crippen molar-refractivity contribution in [3.05, 3.63) is 82.3 Å². The van der Waals surface area contributed by atoms with Crippen LogP contribution in [-0.4, -0.2) is 20.9 Å². The maximum Gasteiger partial charge on any atom is 0.255 e. The zero-order chi connectivity index (χ0) is 18.8. The molecule has 0 atom stereocenters. The average molecular weight is 421 g/mol. The van der Waals surface area contributed by atoms with Crippen LogP contribution in [0.2, 0.25) is 0 Å². The first-order valence-electron chi connectivity index (χ1n) is 8.66. The zero-order valence-corrected chi connectivity index (χ0v) is 16.3. The number of aryl methyl sites for hydroxylation is 1. The van der Waals surface area contributed by atoms with Crippen molar-refractivity contribution in [2.45, 2.75) is 13.3 Å². The van der Waals surface area contributed by atoms with Crippen LogP contribution in [0.25, 0.3) is 16.7 Å². The van der Waals surface area contributed by atoms with Gasteiger partial charge in [-0.1, -0.05) is 41.1 Å².